The highest BCUT2D eigenvalue weighted by Crippen LogP contribution is 2.31. The second-order valence-electron chi connectivity index (χ2n) is 4.96. The van der Waals surface area contributed by atoms with E-state index in [0.29, 0.717) is 6.54 Å². The summed E-state index contributed by atoms with van der Waals surface area (Å²) in [4.78, 5) is 0. The lowest BCUT2D eigenvalue weighted by atomic mass is 10.1. The molecule has 0 radical (unpaired) electrons. The number of aliphatic hydroxyl groups excluding tert-OH is 1. The molecule has 106 valence electrons. The van der Waals surface area contributed by atoms with E-state index in [1.165, 1.54) is 5.56 Å². The minimum absolute atomic E-state index is 0.103. The zero-order valence-electron chi connectivity index (χ0n) is 11.0. The number of hydrogen-bond donors (Lipinski definition) is 1. The Labute approximate surface area is 125 Å². The van der Waals surface area contributed by atoms with Crippen molar-refractivity contribution < 1.29 is 9.84 Å². The first-order valence-electron chi connectivity index (χ1n) is 6.69. The number of hydrogen-bond acceptors (Lipinski definition) is 4. The van der Waals surface area contributed by atoms with Crippen molar-refractivity contribution in [3.63, 3.8) is 0 Å². The van der Waals surface area contributed by atoms with Crippen LogP contribution in [0.15, 0.2) is 28.9 Å². The van der Waals surface area contributed by atoms with Crippen LogP contribution in [0.5, 0.6) is 5.75 Å². The molecular weight excluding hydrogens is 322 g/mol. The van der Waals surface area contributed by atoms with Crippen molar-refractivity contribution in [1.82, 2.24) is 15.0 Å². The molecule has 0 fully saturated rings. The highest BCUT2D eigenvalue weighted by Gasteiger charge is 2.23. The molecule has 2 heterocycles. The number of ether oxygens (including phenoxy) is 1. The van der Waals surface area contributed by atoms with Gasteiger partial charge in [0, 0.05) is 23.7 Å². The van der Waals surface area contributed by atoms with Crippen LogP contribution in [0.3, 0.4) is 0 Å². The number of nitrogens with zero attached hydrogens (tertiary/aromatic N) is 3. The number of aromatic nitrogens is 3. The fourth-order valence-corrected chi connectivity index (χ4v) is 2.81. The summed E-state index contributed by atoms with van der Waals surface area (Å²) >= 11 is 3.48. The van der Waals surface area contributed by atoms with Crippen LogP contribution < -0.4 is 4.74 Å². The molecule has 0 saturated heterocycles. The Hall–Kier alpha value is -1.40. The third-order valence-electron chi connectivity index (χ3n) is 3.33. The molecule has 0 spiro atoms. The maximum absolute atomic E-state index is 8.81. The van der Waals surface area contributed by atoms with Crippen LogP contribution in [0.2, 0.25) is 0 Å². The Balaban J connectivity index is 1.61. The van der Waals surface area contributed by atoms with E-state index in [1.54, 1.807) is 0 Å². The molecule has 0 aliphatic carbocycles. The van der Waals surface area contributed by atoms with Crippen molar-refractivity contribution in [2.45, 2.75) is 31.9 Å². The zero-order chi connectivity index (χ0) is 13.9. The van der Waals surface area contributed by atoms with Crippen LogP contribution >= 0.6 is 15.9 Å². The molecule has 0 bridgehead atoms. The maximum Gasteiger partial charge on any atom is 0.123 e. The van der Waals surface area contributed by atoms with Crippen molar-refractivity contribution in [2.24, 2.45) is 0 Å². The third kappa shape index (κ3) is 3.02. The van der Waals surface area contributed by atoms with E-state index in [2.05, 4.69) is 32.3 Å². The van der Waals surface area contributed by atoms with Crippen LogP contribution in [0.4, 0.5) is 0 Å². The summed E-state index contributed by atoms with van der Waals surface area (Å²) in [6.07, 6.45) is 4.40. The number of benzene rings is 1. The van der Waals surface area contributed by atoms with E-state index in [9.17, 15) is 0 Å². The number of halogens is 1. The Morgan fingerprint density at radius 2 is 2.35 bits per heavy atom. The number of fused-ring (bicyclic) bond motifs is 1. The van der Waals surface area contributed by atoms with E-state index in [-0.39, 0.29) is 12.7 Å². The SMILES string of the molecule is OCCCc1cn(CC2Cc3cc(Br)ccc3O2)nn1. The molecule has 1 aliphatic rings. The molecular formula is C14H16BrN3O2. The molecule has 1 aromatic carbocycles. The first-order valence-corrected chi connectivity index (χ1v) is 7.49. The minimum atomic E-state index is 0.103. The van der Waals surface area contributed by atoms with Gasteiger partial charge in [0.2, 0.25) is 0 Å². The summed E-state index contributed by atoms with van der Waals surface area (Å²) in [7, 11) is 0. The molecule has 0 saturated carbocycles. The fourth-order valence-electron chi connectivity index (χ4n) is 2.40. The second-order valence-corrected chi connectivity index (χ2v) is 5.87. The normalized spacial score (nSPS) is 17.0. The van der Waals surface area contributed by atoms with Gasteiger partial charge >= 0.3 is 0 Å². The van der Waals surface area contributed by atoms with Crippen LogP contribution in [-0.4, -0.2) is 32.8 Å². The maximum atomic E-state index is 8.81. The van der Waals surface area contributed by atoms with Crippen molar-refractivity contribution in [2.75, 3.05) is 6.61 Å². The Morgan fingerprint density at radius 1 is 1.45 bits per heavy atom. The summed E-state index contributed by atoms with van der Waals surface area (Å²) in [6, 6.07) is 6.08. The predicted octanol–water partition coefficient (Wildman–Crippen LogP) is 1.97. The summed E-state index contributed by atoms with van der Waals surface area (Å²) in [5, 5.41) is 17.0. The van der Waals surface area contributed by atoms with Gasteiger partial charge in [-0.15, -0.1) is 5.10 Å². The van der Waals surface area contributed by atoms with Crippen LogP contribution in [0.25, 0.3) is 0 Å². The molecule has 1 aliphatic heterocycles. The summed E-state index contributed by atoms with van der Waals surface area (Å²) in [6.45, 7) is 0.876. The van der Waals surface area contributed by atoms with E-state index >= 15 is 0 Å². The van der Waals surface area contributed by atoms with Crippen LogP contribution in [-0.2, 0) is 19.4 Å². The lowest BCUT2D eigenvalue weighted by Crippen LogP contribution is -2.21. The van der Waals surface area contributed by atoms with Crippen molar-refractivity contribution in [3.8, 4) is 5.75 Å². The van der Waals surface area contributed by atoms with Gasteiger partial charge in [-0.3, -0.25) is 0 Å². The molecule has 1 atom stereocenters. The largest absolute Gasteiger partial charge is 0.488 e. The van der Waals surface area contributed by atoms with E-state index < -0.39 is 0 Å². The molecule has 1 aromatic heterocycles. The highest BCUT2D eigenvalue weighted by atomic mass is 79.9. The molecule has 5 nitrogen and oxygen atoms in total. The quantitative estimate of drug-likeness (QED) is 0.906. The molecule has 2 aromatic rings. The number of aliphatic hydroxyl groups is 1. The lowest BCUT2D eigenvalue weighted by Gasteiger charge is -2.09. The Bertz CT molecular complexity index is 600. The molecule has 0 amide bonds. The predicted molar refractivity (Wildman–Crippen MR) is 77.7 cm³/mol. The monoisotopic (exact) mass is 337 g/mol. The smallest absolute Gasteiger partial charge is 0.123 e. The molecule has 1 unspecified atom stereocenters. The number of aryl methyl sites for hydroxylation is 1. The van der Waals surface area contributed by atoms with E-state index in [4.69, 9.17) is 9.84 Å². The van der Waals surface area contributed by atoms with Crippen LogP contribution in [0, 0.1) is 0 Å². The van der Waals surface area contributed by atoms with Crippen molar-refractivity contribution in [1.29, 1.82) is 0 Å². The summed E-state index contributed by atoms with van der Waals surface area (Å²) in [5.41, 5.74) is 2.14. The van der Waals surface area contributed by atoms with Gasteiger partial charge < -0.3 is 9.84 Å². The topological polar surface area (TPSA) is 60.2 Å². The Kier molecular flexibility index (Phi) is 4.03. The van der Waals surface area contributed by atoms with Gasteiger partial charge in [0.15, 0.2) is 0 Å². The number of rotatable bonds is 5. The van der Waals surface area contributed by atoms with Gasteiger partial charge in [-0.1, -0.05) is 21.1 Å². The zero-order valence-corrected chi connectivity index (χ0v) is 12.6. The highest BCUT2D eigenvalue weighted by molar-refractivity contribution is 9.10. The molecule has 6 heteroatoms. The minimum Gasteiger partial charge on any atom is -0.488 e. The molecule has 20 heavy (non-hydrogen) atoms. The van der Waals surface area contributed by atoms with Gasteiger partial charge in [0.05, 0.1) is 12.2 Å². The van der Waals surface area contributed by atoms with E-state index in [0.717, 1.165) is 35.2 Å². The first-order chi connectivity index (χ1) is 9.74. The van der Waals surface area contributed by atoms with E-state index in [1.807, 2.05) is 23.0 Å². The van der Waals surface area contributed by atoms with Crippen LogP contribution in [0.1, 0.15) is 17.7 Å². The Morgan fingerprint density at radius 3 is 3.20 bits per heavy atom. The fraction of sp³-hybridized carbons (Fsp3) is 0.429. The van der Waals surface area contributed by atoms with Gasteiger partial charge in [-0.05, 0) is 36.6 Å². The van der Waals surface area contributed by atoms with Gasteiger partial charge in [-0.25, -0.2) is 4.68 Å². The molecule has 1 N–H and O–H groups in total. The third-order valence-corrected chi connectivity index (χ3v) is 3.82. The average molecular weight is 338 g/mol. The first kappa shape index (κ1) is 13.6. The van der Waals surface area contributed by atoms with Crippen molar-refractivity contribution in [3.05, 3.63) is 40.1 Å². The lowest BCUT2D eigenvalue weighted by molar-refractivity contribution is 0.202. The average Bonchev–Trinajstić information content (AvgIpc) is 3.02. The molecule has 3 rings (SSSR count). The van der Waals surface area contributed by atoms with Gasteiger partial charge in [0.1, 0.15) is 11.9 Å². The summed E-state index contributed by atoms with van der Waals surface area (Å²) in [5.74, 6) is 0.957. The second kappa shape index (κ2) is 5.93. The van der Waals surface area contributed by atoms with Gasteiger partial charge in [0.25, 0.3) is 0 Å². The van der Waals surface area contributed by atoms with Crippen molar-refractivity contribution >= 4 is 15.9 Å². The summed E-state index contributed by atoms with van der Waals surface area (Å²) < 4.78 is 8.80. The van der Waals surface area contributed by atoms with Gasteiger partial charge in [-0.2, -0.15) is 0 Å². The standard InChI is InChI=1S/C14H16BrN3O2/c15-11-3-4-14-10(6-11)7-13(20-14)9-18-8-12(16-17-18)2-1-5-19/h3-4,6,8,13,19H,1-2,5,7,9H2.